The first-order valence-corrected chi connectivity index (χ1v) is 9.80. The summed E-state index contributed by atoms with van der Waals surface area (Å²) in [6.07, 6.45) is 4.51. The van der Waals surface area contributed by atoms with Crippen molar-refractivity contribution in [1.82, 2.24) is 19.4 Å². The summed E-state index contributed by atoms with van der Waals surface area (Å²) >= 11 is 0. The second kappa shape index (κ2) is 7.20. The van der Waals surface area contributed by atoms with Crippen molar-refractivity contribution in [2.45, 2.75) is 32.6 Å². The van der Waals surface area contributed by atoms with Crippen LogP contribution in [0.4, 0.5) is 5.95 Å². The normalized spacial score (nSPS) is 16.1. The predicted molar refractivity (Wildman–Crippen MR) is 108 cm³/mol. The van der Waals surface area contributed by atoms with Crippen LogP contribution in [-0.4, -0.2) is 32.5 Å². The molecule has 0 saturated heterocycles. The molecule has 142 valence electrons. The Morgan fingerprint density at radius 1 is 0.893 bits per heavy atom. The Labute approximate surface area is 164 Å². The predicted octanol–water partition coefficient (Wildman–Crippen LogP) is 2.22. The molecule has 0 saturated carbocycles. The van der Waals surface area contributed by atoms with Crippen LogP contribution in [0.5, 0.6) is 0 Å². The Bertz CT molecular complexity index is 1030. The van der Waals surface area contributed by atoms with E-state index in [4.69, 9.17) is 0 Å². The molecule has 0 N–H and O–H groups in total. The van der Waals surface area contributed by atoms with Gasteiger partial charge in [0.05, 0.1) is 5.56 Å². The Kier molecular flexibility index (Phi) is 4.41. The number of rotatable bonds is 4. The van der Waals surface area contributed by atoms with Crippen LogP contribution in [0.25, 0.3) is 0 Å². The molecule has 0 bridgehead atoms. The molecule has 6 nitrogen and oxygen atoms in total. The van der Waals surface area contributed by atoms with Crippen molar-refractivity contribution < 1.29 is 0 Å². The van der Waals surface area contributed by atoms with Gasteiger partial charge in [-0.05, 0) is 23.3 Å². The van der Waals surface area contributed by atoms with Crippen LogP contribution in [0, 0.1) is 0 Å². The van der Waals surface area contributed by atoms with Crippen molar-refractivity contribution in [2.24, 2.45) is 0 Å². The Balaban J connectivity index is 1.40. The smallest absolute Gasteiger partial charge is 0.279 e. The molecule has 3 aromatic rings. The molecule has 0 aliphatic carbocycles. The van der Waals surface area contributed by atoms with Gasteiger partial charge in [0.1, 0.15) is 0 Å². The van der Waals surface area contributed by atoms with Gasteiger partial charge in [-0.1, -0.05) is 30.3 Å². The highest BCUT2D eigenvalue weighted by Crippen LogP contribution is 2.26. The molecule has 2 aliphatic heterocycles. The van der Waals surface area contributed by atoms with E-state index >= 15 is 0 Å². The van der Waals surface area contributed by atoms with E-state index in [0.717, 1.165) is 50.7 Å². The summed E-state index contributed by atoms with van der Waals surface area (Å²) in [5.74, 6) is 0.817. The van der Waals surface area contributed by atoms with E-state index in [1.165, 1.54) is 16.8 Å². The fraction of sp³-hybridized carbons (Fsp3) is 0.318. The summed E-state index contributed by atoms with van der Waals surface area (Å²) < 4.78 is 2.26. The summed E-state index contributed by atoms with van der Waals surface area (Å²) in [6, 6.07) is 14.5. The highest BCUT2D eigenvalue weighted by Gasteiger charge is 2.29. The third kappa shape index (κ3) is 3.20. The van der Waals surface area contributed by atoms with Gasteiger partial charge in [0.2, 0.25) is 5.95 Å². The SMILES string of the molecule is O=c1nc2n(c3c1CN(Cc1ccccc1)CC3)CCN2Cc1ccncc1. The molecule has 0 atom stereocenters. The number of nitrogens with zero attached hydrogens (tertiary/aromatic N) is 5. The van der Waals surface area contributed by atoms with Crippen LogP contribution in [0.15, 0.2) is 59.7 Å². The number of aromatic nitrogens is 3. The number of hydrogen-bond acceptors (Lipinski definition) is 5. The first-order chi connectivity index (χ1) is 13.8. The first kappa shape index (κ1) is 17.1. The van der Waals surface area contributed by atoms with Gasteiger partial charge in [-0.15, -0.1) is 0 Å². The molecular formula is C22H23N5O. The molecule has 2 aliphatic rings. The lowest BCUT2D eigenvalue weighted by atomic mass is 10.1. The van der Waals surface area contributed by atoms with Crippen LogP contribution < -0.4 is 10.5 Å². The van der Waals surface area contributed by atoms with Gasteiger partial charge in [0.15, 0.2) is 0 Å². The summed E-state index contributed by atoms with van der Waals surface area (Å²) in [5.41, 5.74) is 4.45. The number of benzene rings is 1. The van der Waals surface area contributed by atoms with Crippen molar-refractivity contribution in [1.29, 1.82) is 0 Å². The van der Waals surface area contributed by atoms with Crippen molar-refractivity contribution >= 4 is 5.95 Å². The minimum atomic E-state index is -0.0689. The van der Waals surface area contributed by atoms with Gasteiger partial charge in [0.25, 0.3) is 5.56 Å². The van der Waals surface area contributed by atoms with Gasteiger partial charge < -0.3 is 9.47 Å². The fourth-order valence-corrected chi connectivity index (χ4v) is 4.27. The van der Waals surface area contributed by atoms with Crippen LogP contribution in [0.1, 0.15) is 22.4 Å². The Morgan fingerprint density at radius 2 is 1.68 bits per heavy atom. The number of anilines is 1. The third-order valence-electron chi connectivity index (χ3n) is 5.67. The standard InChI is InChI=1S/C22H23N5O/c28-21-19-16-25(14-17-4-2-1-3-5-17)11-8-20(19)27-13-12-26(22(27)24-21)15-18-6-9-23-10-7-18/h1-7,9-10H,8,11-16H2. The number of hydrogen-bond donors (Lipinski definition) is 0. The zero-order chi connectivity index (χ0) is 18.9. The van der Waals surface area contributed by atoms with Crippen LogP contribution in [0.3, 0.4) is 0 Å². The van der Waals surface area contributed by atoms with E-state index < -0.39 is 0 Å². The summed E-state index contributed by atoms with van der Waals surface area (Å²) in [4.78, 5) is 25.9. The van der Waals surface area contributed by atoms with Crippen molar-refractivity contribution in [3.8, 4) is 0 Å². The lowest BCUT2D eigenvalue weighted by Gasteiger charge is -2.30. The second-order valence-corrected chi connectivity index (χ2v) is 7.52. The first-order valence-electron chi connectivity index (χ1n) is 9.80. The molecule has 4 heterocycles. The van der Waals surface area contributed by atoms with Crippen molar-refractivity contribution in [3.05, 3.63) is 87.6 Å². The quantitative estimate of drug-likeness (QED) is 0.702. The minimum absolute atomic E-state index is 0.0689. The topological polar surface area (TPSA) is 54.3 Å². The molecule has 0 amide bonds. The van der Waals surface area contributed by atoms with E-state index in [1.54, 1.807) is 12.4 Å². The van der Waals surface area contributed by atoms with Crippen molar-refractivity contribution in [2.75, 3.05) is 18.0 Å². The maximum Gasteiger partial charge on any atom is 0.279 e. The van der Waals surface area contributed by atoms with E-state index in [2.05, 4.69) is 48.6 Å². The monoisotopic (exact) mass is 373 g/mol. The lowest BCUT2D eigenvalue weighted by Crippen LogP contribution is -2.37. The summed E-state index contributed by atoms with van der Waals surface area (Å²) in [6.45, 7) is 5.06. The van der Waals surface area contributed by atoms with Gasteiger partial charge in [-0.2, -0.15) is 4.98 Å². The second-order valence-electron chi connectivity index (χ2n) is 7.52. The van der Waals surface area contributed by atoms with E-state index in [0.29, 0.717) is 6.54 Å². The minimum Gasteiger partial charge on any atom is -0.336 e. The summed E-state index contributed by atoms with van der Waals surface area (Å²) in [7, 11) is 0. The molecule has 28 heavy (non-hydrogen) atoms. The fourth-order valence-electron chi connectivity index (χ4n) is 4.27. The largest absolute Gasteiger partial charge is 0.336 e. The molecule has 0 fully saturated rings. The zero-order valence-corrected chi connectivity index (χ0v) is 15.8. The third-order valence-corrected chi connectivity index (χ3v) is 5.67. The maximum absolute atomic E-state index is 12.8. The molecule has 2 aromatic heterocycles. The van der Waals surface area contributed by atoms with Gasteiger partial charge >= 0.3 is 0 Å². The highest BCUT2D eigenvalue weighted by molar-refractivity contribution is 5.41. The Hall–Kier alpha value is -2.99. The van der Waals surface area contributed by atoms with Crippen LogP contribution in [0.2, 0.25) is 0 Å². The average molecular weight is 373 g/mol. The molecule has 0 radical (unpaired) electrons. The van der Waals surface area contributed by atoms with Crippen LogP contribution >= 0.6 is 0 Å². The molecule has 0 spiro atoms. The number of pyridine rings is 1. The van der Waals surface area contributed by atoms with Gasteiger partial charge in [-0.3, -0.25) is 14.7 Å². The van der Waals surface area contributed by atoms with E-state index in [9.17, 15) is 4.79 Å². The molecule has 1 aromatic carbocycles. The Morgan fingerprint density at radius 3 is 2.50 bits per heavy atom. The zero-order valence-electron chi connectivity index (χ0n) is 15.8. The molecule has 5 rings (SSSR count). The number of fused-ring (bicyclic) bond motifs is 3. The van der Waals surface area contributed by atoms with E-state index in [1.807, 2.05) is 18.2 Å². The average Bonchev–Trinajstić information content (AvgIpc) is 3.12. The lowest BCUT2D eigenvalue weighted by molar-refractivity contribution is 0.239. The summed E-state index contributed by atoms with van der Waals surface area (Å²) in [5, 5.41) is 0. The van der Waals surface area contributed by atoms with E-state index in [-0.39, 0.29) is 5.56 Å². The maximum atomic E-state index is 12.8. The molecule has 6 heteroatoms. The molecular weight excluding hydrogens is 350 g/mol. The van der Waals surface area contributed by atoms with Crippen LogP contribution in [-0.2, 0) is 32.6 Å². The molecule has 0 unspecified atom stereocenters. The van der Waals surface area contributed by atoms with Gasteiger partial charge in [-0.25, -0.2) is 0 Å². The van der Waals surface area contributed by atoms with Crippen molar-refractivity contribution in [3.63, 3.8) is 0 Å². The highest BCUT2D eigenvalue weighted by atomic mass is 16.1. The van der Waals surface area contributed by atoms with Gasteiger partial charge in [0, 0.05) is 63.8 Å².